The molecule has 0 bridgehead atoms. The van der Waals surface area contributed by atoms with Crippen LogP contribution in [0.1, 0.15) is 11.1 Å². The number of nitro benzene ring substituents is 1. The summed E-state index contributed by atoms with van der Waals surface area (Å²) in [6, 6.07) is 9.34. The van der Waals surface area contributed by atoms with Gasteiger partial charge in [-0.05, 0) is 24.3 Å². The molecule has 1 N–H and O–H groups in total. The lowest BCUT2D eigenvalue weighted by Gasteiger charge is -2.20. The number of nitrogens with zero attached hydrogens (tertiary/aromatic N) is 1. The maximum Gasteiger partial charge on any atom is 0.316 e. The summed E-state index contributed by atoms with van der Waals surface area (Å²) in [6.07, 6.45) is 0. The van der Waals surface area contributed by atoms with Crippen LogP contribution < -0.4 is 10.1 Å². The van der Waals surface area contributed by atoms with E-state index in [4.69, 9.17) is 25.8 Å². The molecule has 0 spiro atoms. The Labute approximate surface area is 180 Å². The third-order valence-electron chi connectivity index (χ3n) is 3.95. The minimum Gasteiger partial charge on any atom is -0.467 e. The van der Waals surface area contributed by atoms with Crippen molar-refractivity contribution in [2.75, 3.05) is 23.6 Å². The van der Waals surface area contributed by atoms with Gasteiger partial charge in [0.2, 0.25) is 5.91 Å². The van der Waals surface area contributed by atoms with E-state index in [-0.39, 0.29) is 43.1 Å². The minimum atomic E-state index is -0.549. The van der Waals surface area contributed by atoms with Crippen LogP contribution in [0.25, 0.3) is 0 Å². The number of non-ortho nitro benzene ring substituents is 1. The van der Waals surface area contributed by atoms with E-state index in [2.05, 4.69) is 5.32 Å². The van der Waals surface area contributed by atoms with Crippen molar-refractivity contribution in [2.45, 2.75) is 13.2 Å². The number of halogens is 1. The third kappa shape index (κ3) is 6.09. The molecule has 2 aromatic carbocycles. The maximum absolute atomic E-state index is 12.0. The number of thioether (sulfide) groups is 1. The molecule has 30 heavy (non-hydrogen) atoms. The highest BCUT2D eigenvalue weighted by atomic mass is 35.5. The number of hydrogen-bond donors (Lipinski definition) is 1. The van der Waals surface area contributed by atoms with Gasteiger partial charge in [-0.15, -0.1) is 11.8 Å². The van der Waals surface area contributed by atoms with E-state index in [9.17, 15) is 19.7 Å². The highest BCUT2D eigenvalue weighted by Gasteiger charge is 2.21. The van der Waals surface area contributed by atoms with Crippen molar-refractivity contribution in [3.63, 3.8) is 0 Å². The maximum atomic E-state index is 12.0. The summed E-state index contributed by atoms with van der Waals surface area (Å²) in [7, 11) is 0. The van der Waals surface area contributed by atoms with Gasteiger partial charge in [0, 0.05) is 34.0 Å². The van der Waals surface area contributed by atoms with Gasteiger partial charge in [-0.25, -0.2) is 0 Å². The number of carbonyl (C=O) groups excluding carboxylic acids is 2. The number of esters is 1. The molecule has 0 aromatic heterocycles. The average molecular weight is 453 g/mol. The fraction of sp³-hybridized carbons (Fsp3) is 0.263. The van der Waals surface area contributed by atoms with Crippen LogP contribution in [0.4, 0.5) is 11.4 Å². The smallest absolute Gasteiger partial charge is 0.316 e. The number of hydrogen-bond acceptors (Lipinski definition) is 8. The molecule has 2 aromatic rings. The Bertz CT molecular complexity index is 953. The van der Waals surface area contributed by atoms with Crippen LogP contribution in [0.5, 0.6) is 5.75 Å². The van der Waals surface area contributed by atoms with Crippen LogP contribution in [0.3, 0.4) is 0 Å². The Morgan fingerprint density at radius 3 is 2.73 bits per heavy atom. The van der Waals surface area contributed by atoms with E-state index in [1.165, 1.54) is 12.1 Å². The molecule has 0 radical (unpaired) electrons. The number of nitrogens with one attached hydrogen (secondary N) is 1. The molecule has 0 aliphatic carbocycles. The van der Waals surface area contributed by atoms with Crippen LogP contribution >= 0.6 is 23.4 Å². The van der Waals surface area contributed by atoms with Crippen molar-refractivity contribution in [3.05, 3.63) is 62.7 Å². The fourth-order valence-electron chi connectivity index (χ4n) is 2.65. The molecule has 0 saturated carbocycles. The summed E-state index contributed by atoms with van der Waals surface area (Å²) in [6.45, 7) is 0.0151. The zero-order valence-electron chi connectivity index (χ0n) is 15.6. The normalized spacial score (nSPS) is 12.4. The van der Waals surface area contributed by atoms with Gasteiger partial charge in [-0.2, -0.15) is 0 Å². The molecule has 9 nitrogen and oxygen atoms in total. The quantitative estimate of drug-likeness (QED) is 0.367. The molecule has 11 heteroatoms. The lowest BCUT2D eigenvalue weighted by molar-refractivity contribution is -0.385. The topological polar surface area (TPSA) is 117 Å². The summed E-state index contributed by atoms with van der Waals surface area (Å²) in [5.41, 5.74) is 1.38. The first-order chi connectivity index (χ1) is 14.4. The molecule has 0 unspecified atom stereocenters. The van der Waals surface area contributed by atoms with Crippen molar-refractivity contribution in [1.82, 2.24) is 0 Å². The molecular weight excluding hydrogens is 436 g/mol. The van der Waals surface area contributed by atoms with Gasteiger partial charge >= 0.3 is 5.97 Å². The number of amides is 1. The molecule has 158 valence electrons. The molecule has 3 rings (SSSR count). The summed E-state index contributed by atoms with van der Waals surface area (Å²) in [5.74, 6) is -0.378. The Morgan fingerprint density at radius 2 is 2.00 bits per heavy atom. The predicted molar refractivity (Wildman–Crippen MR) is 111 cm³/mol. The highest BCUT2D eigenvalue weighted by molar-refractivity contribution is 8.00. The van der Waals surface area contributed by atoms with E-state index in [1.54, 1.807) is 24.3 Å². The monoisotopic (exact) mass is 452 g/mol. The van der Waals surface area contributed by atoms with Crippen molar-refractivity contribution in [2.24, 2.45) is 0 Å². The second-order valence-corrected chi connectivity index (χ2v) is 7.59. The number of rotatable bonds is 8. The van der Waals surface area contributed by atoms with Crippen molar-refractivity contribution in [3.8, 4) is 5.75 Å². The van der Waals surface area contributed by atoms with E-state index >= 15 is 0 Å². The first kappa shape index (κ1) is 21.9. The number of nitro groups is 1. The van der Waals surface area contributed by atoms with Crippen LogP contribution in [0.2, 0.25) is 5.02 Å². The van der Waals surface area contributed by atoms with Crippen LogP contribution in [0.15, 0.2) is 36.4 Å². The Kier molecular flexibility index (Phi) is 7.50. The van der Waals surface area contributed by atoms with E-state index in [1.807, 2.05) is 0 Å². The molecule has 1 aliphatic heterocycles. The van der Waals surface area contributed by atoms with Crippen molar-refractivity contribution in [1.29, 1.82) is 0 Å². The Balaban J connectivity index is 1.47. The summed E-state index contributed by atoms with van der Waals surface area (Å²) in [5, 5.41) is 14.4. The Morgan fingerprint density at radius 1 is 1.23 bits per heavy atom. The van der Waals surface area contributed by atoms with Gasteiger partial charge < -0.3 is 19.5 Å². The standard InChI is InChI=1S/C19H17ClN2O7S/c20-14-1-3-15(4-2-14)21-17(23)9-30-10-18(24)28-8-13-6-16(22(25)26)5-12-7-27-11-29-19(12)13/h1-6H,7-11H2,(H,21,23). The highest BCUT2D eigenvalue weighted by Crippen LogP contribution is 2.33. The number of carbonyl (C=O) groups is 2. The average Bonchev–Trinajstić information content (AvgIpc) is 2.73. The van der Waals surface area contributed by atoms with E-state index < -0.39 is 10.9 Å². The third-order valence-corrected chi connectivity index (χ3v) is 5.11. The Hall–Kier alpha value is -2.82. The minimum absolute atomic E-state index is 0.0182. The molecule has 1 heterocycles. The molecule has 0 atom stereocenters. The molecular formula is C19H17ClN2O7S. The zero-order chi connectivity index (χ0) is 21.5. The van der Waals surface area contributed by atoms with Gasteiger partial charge in [0.15, 0.2) is 6.79 Å². The van der Waals surface area contributed by atoms with E-state index in [0.29, 0.717) is 27.6 Å². The van der Waals surface area contributed by atoms with Gasteiger partial charge in [0.25, 0.3) is 5.69 Å². The molecule has 0 fully saturated rings. The number of fused-ring (bicyclic) bond motifs is 1. The molecule has 0 saturated heterocycles. The second-order valence-electron chi connectivity index (χ2n) is 6.17. The number of ether oxygens (including phenoxy) is 3. The first-order valence-corrected chi connectivity index (χ1v) is 10.2. The van der Waals surface area contributed by atoms with Gasteiger partial charge in [-0.1, -0.05) is 11.6 Å². The fourth-order valence-corrected chi connectivity index (χ4v) is 3.39. The SMILES string of the molecule is O=C(CSCC(=O)OCc1cc([N+](=O)[O-])cc2c1OCOC2)Nc1ccc(Cl)cc1. The van der Waals surface area contributed by atoms with Crippen molar-refractivity contribution < 1.29 is 28.7 Å². The second kappa shape index (κ2) is 10.3. The van der Waals surface area contributed by atoms with Crippen LogP contribution in [-0.4, -0.2) is 35.1 Å². The molecule has 1 aliphatic rings. The summed E-state index contributed by atoms with van der Waals surface area (Å²) < 4.78 is 15.7. The van der Waals surface area contributed by atoms with E-state index in [0.717, 1.165) is 11.8 Å². The predicted octanol–water partition coefficient (Wildman–Crippen LogP) is 3.53. The summed E-state index contributed by atoms with van der Waals surface area (Å²) >= 11 is 6.88. The number of benzene rings is 2. The lowest BCUT2D eigenvalue weighted by atomic mass is 10.1. The zero-order valence-corrected chi connectivity index (χ0v) is 17.2. The van der Waals surface area contributed by atoms with Crippen LogP contribution in [0, 0.1) is 10.1 Å². The van der Waals surface area contributed by atoms with Gasteiger partial charge in [0.05, 0.1) is 23.0 Å². The number of anilines is 1. The lowest BCUT2D eigenvalue weighted by Crippen LogP contribution is -2.17. The van der Waals surface area contributed by atoms with Gasteiger partial charge in [0.1, 0.15) is 12.4 Å². The first-order valence-electron chi connectivity index (χ1n) is 8.72. The van der Waals surface area contributed by atoms with Crippen molar-refractivity contribution >= 4 is 46.6 Å². The summed E-state index contributed by atoms with van der Waals surface area (Å²) in [4.78, 5) is 34.5. The largest absolute Gasteiger partial charge is 0.467 e. The molecule has 1 amide bonds. The van der Waals surface area contributed by atoms with Gasteiger partial charge in [-0.3, -0.25) is 19.7 Å². The van der Waals surface area contributed by atoms with Crippen LogP contribution in [-0.2, 0) is 32.3 Å².